The lowest BCUT2D eigenvalue weighted by atomic mass is 10.00. The fourth-order valence-electron chi connectivity index (χ4n) is 4.12. The van der Waals surface area contributed by atoms with Crippen LogP contribution in [0, 0.1) is 0 Å². The average molecular weight is 388 g/mol. The van der Waals surface area contributed by atoms with Crippen LogP contribution >= 0.6 is 12.4 Å². The van der Waals surface area contributed by atoms with Crippen LogP contribution in [-0.4, -0.2) is 36.7 Å². The second-order valence-corrected chi connectivity index (χ2v) is 7.68. The van der Waals surface area contributed by atoms with Crippen LogP contribution in [0.2, 0.25) is 0 Å². The van der Waals surface area contributed by atoms with E-state index in [2.05, 4.69) is 29.2 Å². The number of fused-ring (bicyclic) bond motifs is 2. The van der Waals surface area contributed by atoms with Gasteiger partial charge in [0.05, 0.1) is 5.60 Å². The first-order valence-corrected chi connectivity index (χ1v) is 10.00. The van der Waals surface area contributed by atoms with E-state index in [1.165, 1.54) is 57.3 Å². The number of ether oxygens (including phenoxy) is 2. The molecule has 146 valence electrons. The summed E-state index contributed by atoms with van der Waals surface area (Å²) >= 11 is 0. The van der Waals surface area contributed by atoms with Gasteiger partial charge in [-0.2, -0.15) is 0 Å². The Balaban J connectivity index is 0.00000210. The first kappa shape index (κ1) is 20.2. The van der Waals surface area contributed by atoms with Crippen LogP contribution in [0.15, 0.2) is 54.6 Å². The summed E-state index contributed by atoms with van der Waals surface area (Å²) in [5.41, 5.74) is 1.60. The molecule has 0 saturated carbocycles. The van der Waals surface area contributed by atoms with E-state index < -0.39 is 0 Å². The van der Waals surface area contributed by atoms with Gasteiger partial charge in [-0.05, 0) is 61.9 Å². The van der Waals surface area contributed by atoms with Crippen LogP contribution in [0.5, 0.6) is 11.5 Å². The molecule has 27 heavy (non-hydrogen) atoms. The summed E-state index contributed by atoms with van der Waals surface area (Å²) in [7, 11) is 0. The van der Waals surface area contributed by atoms with E-state index >= 15 is 0 Å². The van der Waals surface area contributed by atoms with Crippen molar-refractivity contribution in [2.45, 2.75) is 44.1 Å². The molecule has 2 aromatic rings. The van der Waals surface area contributed by atoms with Gasteiger partial charge in [0.15, 0.2) is 0 Å². The highest BCUT2D eigenvalue weighted by molar-refractivity contribution is 5.85. The highest BCUT2D eigenvalue weighted by atomic mass is 35.5. The van der Waals surface area contributed by atoms with Gasteiger partial charge in [-0.15, -0.1) is 12.4 Å². The van der Waals surface area contributed by atoms with E-state index in [-0.39, 0.29) is 18.0 Å². The minimum atomic E-state index is 0. The number of piperidine rings is 1. The molecule has 2 aromatic carbocycles. The third-order valence-electron chi connectivity index (χ3n) is 5.70. The Bertz CT molecular complexity index is 681. The van der Waals surface area contributed by atoms with E-state index in [9.17, 15) is 0 Å². The first-order chi connectivity index (χ1) is 12.8. The molecule has 0 atom stereocenters. The summed E-state index contributed by atoms with van der Waals surface area (Å²) in [6.45, 7) is 4.58. The van der Waals surface area contributed by atoms with E-state index in [4.69, 9.17) is 9.47 Å². The van der Waals surface area contributed by atoms with Crippen LogP contribution < -0.4 is 4.74 Å². The molecule has 0 unspecified atom stereocenters. The second-order valence-electron chi connectivity index (χ2n) is 7.68. The molecule has 4 rings (SSSR count). The third kappa shape index (κ3) is 5.47. The summed E-state index contributed by atoms with van der Waals surface area (Å²) in [4.78, 5) is 2.53. The van der Waals surface area contributed by atoms with Crippen LogP contribution in [0.3, 0.4) is 0 Å². The Hall–Kier alpha value is -1.55. The van der Waals surface area contributed by atoms with Crippen molar-refractivity contribution in [2.75, 3.05) is 26.2 Å². The zero-order valence-corrected chi connectivity index (χ0v) is 16.8. The van der Waals surface area contributed by atoms with Crippen molar-refractivity contribution in [1.29, 1.82) is 0 Å². The molecule has 2 aliphatic rings. The molecular formula is C23H30ClNO2. The van der Waals surface area contributed by atoms with Crippen molar-refractivity contribution in [3.05, 3.63) is 60.2 Å². The lowest BCUT2D eigenvalue weighted by molar-refractivity contribution is -0.0271. The molecule has 4 heteroatoms. The first-order valence-electron chi connectivity index (χ1n) is 10.00. The molecule has 0 aromatic heterocycles. The van der Waals surface area contributed by atoms with Gasteiger partial charge >= 0.3 is 0 Å². The van der Waals surface area contributed by atoms with E-state index in [1.54, 1.807) is 0 Å². The summed E-state index contributed by atoms with van der Waals surface area (Å²) in [6, 6.07) is 18.4. The van der Waals surface area contributed by atoms with Crippen molar-refractivity contribution >= 4 is 12.4 Å². The Kier molecular flexibility index (Phi) is 7.17. The number of unbranched alkanes of at least 4 members (excludes halogenated alkanes) is 2. The number of benzene rings is 2. The van der Waals surface area contributed by atoms with Crippen LogP contribution in [0.1, 0.15) is 37.7 Å². The standard InChI is InChI=1S/C23H29NO2.ClH/c1-4-8-21(9-5-1)26-22-12-10-20(11-13-22)7-3-2-6-18-25-23-14-16-24(19-23)17-15-23;/h1,4-5,8-13H,2-3,6-7,14-19H2;1H. The fraction of sp³-hybridized carbons (Fsp3) is 0.478. The van der Waals surface area contributed by atoms with Gasteiger partial charge in [-0.3, -0.25) is 0 Å². The predicted octanol–water partition coefficient (Wildman–Crippen LogP) is 5.48. The normalized spacial score (nSPS) is 23.2. The number of aryl methyl sites for hydroxylation is 1. The molecule has 0 N–H and O–H groups in total. The lowest BCUT2D eigenvalue weighted by Crippen LogP contribution is -2.31. The molecule has 2 bridgehead atoms. The summed E-state index contributed by atoms with van der Waals surface area (Å²) in [6.07, 6.45) is 7.25. The maximum absolute atomic E-state index is 6.25. The zero-order chi connectivity index (χ0) is 17.7. The fourth-order valence-corrected chi connectivity index (χ4v) is 4.12. The molecule has 2 aliphatic heterocycles. The number of halogens is 1. The Morgan fingerprint density at radius 2 is 1.52 bits per heavy atom. The lowest BCUT2D eigenvalue weighted by Gasteiger charge is -2.25. The van der Waals surface area contributed by atoms with Crippen molar-refractivity contribution in [3.8, 4) is 11.5 Å². The number of nitrogens with zero attached hydrogens (tertiary/aromatic N) is 1. The summed E-state index contributed by atoms with van der Waals surface area (Å²) < 4.78 is 12.1. The van der Waals surface area contributed by atoms with Gasteiger partial charge in [0.1, 0.15) is 11.5 Å². The zero-order valence-electron chi connectivity index (χ0n) is 15.9. The van der Waals surface area contributed by atoms with Gasteiger partial charge in [0.25, 0.3) is 0 Å². The highest BCUT2D eigenvalue weighted by Crippen LogP contribution is 2.35. The predicted molar refractivity (Wildman–Crippen MR) is 112 cm³/mol. The number of hydrogen-bond acceptors (Lipinski definition) is 3. The Labute approximate surface area is 169 Å². The van der Waals surface area contributed by atoms with Gasteiger partial charge in [-0.1, -0.05) is 36.8 Å². The van der Waals surface area contributed by atoms with Gasteiger partial charge in [-0.25, -0.2) is 0 Å². The molecular weight excluding hydrogens is 358 g/mol. The quantitative estimate of drug-likeness (QED) is 0.532. The van der Waals surface area contributed by atoms with Gasteiger partial charge in [0, 0.05) is 26.2 Å². The number of hydrogen-bond donors (Lipinski definition) is 0. The largest absolute Gasteiger partial charge is 0.457 e. The highest BCUT2D eigenvalue weighted by Gasteiger charge is 2.44. The van der Waals surface area contributed by atoms with Crippen LogP contribution in [0.4, 0.5) is 0 Å². The molecule has 2 saturated heterocycles. The minimum Gasteiger partial charge on any atom is -0.457 e. The molecule has 3 nitrogen and oxygen atoms in total. The van der Waals surface area contributed by atoms with E-state index in [1.807, 2.05) is 30.3 Å². The van der Waals surface area contributed by atoms with Crippen LogP contribution in [0.25, 0.3) is 0 Å². The molecule has 0 radical (unpaired) electrons. The number of para-hydroxylation sites is 1. The van der Waals surface area contributed by atoms with Gasteiger partial charge in [0.2, 0.25) is 0 Å². The smallest absolute Gasteiger partial charge is 0.127 e. The summed E-state index contributed by atoms with van der Waals surface area (Å²) in [5, 5.41) is 0. The monoisotopic (exact) mass is 387 g/mol. The average Bonchev–Trinajstić information content (AvgIpc) is 3.28. The summed E-state index contributed by atoms with van der Waals surface area (Å²) in [5.74, 6) is 1.78. The molecule has 2 fully saturated rings. The minimum absolute atomic E-state index is 0. The van der Waals surface area contributed by atoms with Crippen molar-refractivity contribution in [1.82, 2.24) is 4.90 Å². The Morgan fingerprint density at radius 3 is 2.19 bits per heavy atom. The van der Waals surface area contributed by atoms with Crippen LogP contribution in [-0.2, 0) is 11.2 Å². The maximum atomic E-state index is 6.25. The second kappa shape index (κ2) is 9.59. The Morgan fingerprint density at radius 1 is 0.815 bits per heavy atom. The van der Waals surface area contributed by atoms with Crippen molar-refractivity contribution < 1.29 is 9.47 Å². The van der Waals surface area contributed by atoms with Crippen molar-refractivity contribution in [2.24, 2.45) is 0 Å². The molecule has 0 aliphatic carbocycles. The number of rotatable bonds is 9. The topological polar surface area (TPSA) is 21.7 Å². The van der Waals surface area contributed by atoms with Crippen molar-refractivity contribution in [3.63, 3.8) is 0 Å². The third-order valence-corrected chi connectivity index (χ3v) is 5.70. The molecule has 2 heterocycles. The maximum Gasteiger partial charge on any atom is 0.127 e. The van der Waals surface area contributed by atoms with E-state index in [0.717, 1.165) is 24.5 Å². The molecule has 0 amide bonds. The SMILES string of the molecule is Cl.c1ccc(Oc2ccc(CCCCCOC34CCN(CC3)C4)cc2)cc1. The molecule has 0 spiro atoms. The van der Waals surface area contributed by atoms with Gasteiger partial charge < -0.3 is 14.4 Å². The van der Waals surface area contributed by atoms with E-state index in [0.29, 0.717) is 0 Å².